The van der Waals surface area contributed by atoms with Gasteiger partial charge in [0.15, 0.2) is 0 Å². The summed E-state index contributed by atoms with van der Waals surface area (Å²) in [7, 11) is 1.84. The molecule has 3 fully saturated rings. The van der Waals surface area contributed by atoms with Gasteiger partial charge in [-0.05, 0) is 25.8 Å². The Morgan fingerprint density at radius 2 is 2.04 bits per heavy atom. The molecule has 26 heavy (non-hydrogen) atoms. The molecule has 2 amide bonds. The summed E-state index contributed by atoms with van der Waals surface area (Å²) in [5, 5.41) is 10.4. The minimum absolute atomic E-state index is 0.0124. The third-order valence-corrected chi connectivity index (χ3v) is 5.95. The number of aromatic nitrogens is 1. The summed E-state index contributed by atoms with van der Waals surface area (Å²) in [6.45, 7) is 3.18. The van der Waals surface area contributed by atoms with Crippen LogP contribution < -0.4 is 0 Å². The average molecular weight is 350 g/mol. The smallest absolute Gasteiger partial charge is 0.242 e. The second kappa shape index (κ2) is 6.17. The summed E-state index contributed by atoms with van der Waals surface area (Å²) in [6, 6.07) is 10.1. The van der Waals surface area contributed by atoms with E-state index in [0.717, 1.165) is 29.4 Å². The molecule has 6 nitrogen and oxygen atoms in total. The van der Waals surface area contributed by atoms with Crippen LogP contribution in [0.15, 0.2) is 24.3 Å². The van der Waals surface area contributed by atoms with Crippen molar-refractivity contribution in [1.82, 2.24) is 14.4 Å². The lowest BCUT2D eigenvalue weighted by Crippen LogP contribution is -2.45. The number of hydrogen-bond acceptors (Lipinski definition) is 3. The molecule has 6 heteroatoms. The highest BCUT2D eigenvalue weighted by molar-refractivity contribution is 5.90. The summed E-state index contributed by atoms with van der Waals surface area (Å²) in [6.07, 6.45) is 1.82. The van der Waals surface area contributed by atoms with E-state index in [2.05, 4.69) is 6.07 Å². The number of amides is 2. The van der Waals surface area contributed by atoms with E-state index in [1.807, 2.05) is 52.6 Å². The van der Waals surface area contributed by atoms with Crippen LogP contribution in [0, 0.1) is 24.2 Å². The number of hydrogen-bond donors (Lipinski definition) is 0. The molecule has 1 aromatic heterocycles. The summed E-state index contributed by atoms with van der Waals surface area (Å²) in [4.78, 5) is 29.0. The first kappa shape index (κ1) is 16.6. The second-order valence-corrected chi connectivity index (χ2v) is 7.35. The number of nitriles is 1. The fourth-order valence-electron chi connectivity index (χ4n) is 4.37. The molecule has 3 saturated heterocycles. The molecular formula is C20H22N4O2. The zero-order chi connectivity index (χ0) is 18.4. The van der Waals surface area contributed by atoms with Crippen molar-refractivity contribution in [2.75, 3.05) is 20.1 Å². The molecule has 0 spiro atoms. The quantitative estimate of drug-likeness (QED) is 0.831. The lowest BCUT2D eigenvalue weighted by atomic mass is 9.95. The topological polar surface area (TPSA) is 69.3 Å². The molecule has 3 aliphatic heterocycles. The van der Waals surface area contributed by atoms with Gasteiger partial charge in [0.05, 0.1) is 17.0 Å². The third-order valence-electron chi connectivity index (χ3n) is 5.95. The number of piperidine rings is 1. The van der Waals surface area contributed by atoms with Crippen molar-refractivity contribution in [3.05, 3.63) is 35.5 Å². The Kier molecular flexibility index (Phi) is 3.95. The molecule has 0 radical (unpaired) electrons. The van der Waals surface area contributed by atoms with Crippen LogP contribution in [0.2, 0.25) is 0 Å². The Labute approximate surface area is 152 Å². The van der Waals surface area contributed by atoms with E-state index in [1.54, 1.807) is 0 Å². The zero-order valence-electron chi connectivity index (χ0n) is 15.1. The highest BCUT2D eigenvalue weighted by Gasteiger charge is 2.40. The van der Waals surface area contributed by atoms with E-state index in [1.165, 1.54) is 0 Å². The normalized spacial score (nSPS) is 22.6. The number of nitrogens with zero attached hydrogens (tertiary/aromatic N) is 4. The van der Waals surface area contributed by atoms with Gasteiger partial charge < -0.3 is 14.4 Å². The van der Waals surface area contributed by atoms with Crippen molar-refractivity contribution in [1.29, 1.82) is 5.26 Å². The molecule has 5 rings (SSSR count). The van der Waals surface area contributed by atoms with Gasteiger partial charge >= 0.3 is 0 Å². The highest BCUT2D eigenvalue weighted by Crippen LogP contribution is 2.29. The Bertz CT molecular complexity index is 939. The second-order valence-electron chi connectivity index (χ2n) is 7.35. The minimum atomic E-state index is -0.0835. The molecule has 2 bridgehead atoms. The highest BCUT2D eigenvalue weighted by atomic mass is 16.2. The molecule has 0 aliphatic carbocycles. The van der Waals surface area contributed by atoms with Gasteiger partial charge in [0.2, 0.25) is 11.8 Å². The molecule has 3 aliphatic rings. The van der Waals surface area contributed by atoms with Crippen molar-refractivity contribution < 1.29 is 9.59 Å². The van der Waals surface area contributed by atoms with Crippen molar-refractivity contribution >= 4 is 22.7 Å². The monoisotopic (exact) mass is 350 g/mol. The maximum absolute atomic E-state index is 13.0. The number of likely N-dealkylation sites (N-methyl/N-ethyl adjacent to an activating group) is 1. The standard InChI is InChI=1S/C20H22N4O2/c1-13-17(9-21)16-5-3-4-6-18(16)24(13)12-19(25)23-10-14-7-8-15(11-23)22(2)20(14)26/h3-6,14-15H,7-8,10-12H2,1-2H3. The van der Waals surface area contributed by atoms with E-state index >= 15 is 0 Å². The minimum Gasteiger partial charge on any atom is -0.341 e. The lowest BCUT2D eigenvalue weighted by Gasteiger charge is -2.32. The van der Waals surface area contributed by atoms with Gasteiger partial charge in [-0.2, -0.15) is 5.26 Å². The maximum Gasteiger partial charge on any atom is 0.242 e. The summed E-state index contributed by atoms with van der Waals surface area (Å²) >= 11 is 0. The van der Waals surface area contributed by atoms with Crippen LogP contribution in [0.3, 0.4) is 0 Å². The van der Waals surface area contributed by atoms with E-state index in [0.29, 0.717) is 18.7 Å². The largest absolute Gasteiger partial charge is 0.341 e. The molecule has 2 unspecified atom stereocenters. The van der Waals surface area contributed by atoms with Gasteiger partial charge in [-0.25, -0.2) is 0 Å². The Morgan fingerprint density at radius 1 is 1.27 bits per heavy atom. The van der Waals surface area contributed by atoms with Gasteiger partial charge in [-0.15, -0.1) is 0 Å². The molecular weight excluding hydrogens is 328 g/mol. The Hall–Kier alpha value is -2.81. The fraction of sp³-hybridized carbons (Fsp3) is 0.450. The van der Waals surface area contributed by atoms with Crippen LogP contribution in [-0.4, -0.2) is 52.4 Å². The number of carbonyl (C=O) groups is 2. The predicted molar refractivity (Wildman–Crippen MR) is 97.3 cm³/mol. The van der Waals surface area contributed by atoms with Gasteiger partial charge in [-0.1, -0.05) is 18.2 Å². The predicted octanol–water partition coefficient (Wildman–Crippen LogP) is 1.90. The van der Waals surface area contributed by atoms with E-state index in [9.17, 15) is 14.9 Å². The lowest BCUT2D eigenvalue weighted by molar-refractivity contribution is -0.138. The molecule has 0 N–H and O–H groups in total. The van der Waals surface area contributed by atoms with Crippen molar-refractivity contribution in [3.63, 3.8) is 0 Å². The Morgan fingerprint density at radius 3 is 2.81 bits per heavy atom. The van der Waals surface area contributed by atoms with Gasteiger partial charge in [-0.3, -0.25) is 9.59 Å². The molecule has 134 valence electrons. The molecule has 0 saturated carbocycles. The van der Waals surface area contributed by atoms with Crippen LogP contribution in [-0.2, 0) is 16.1 Å². The van der Waals surface area contributed by atoms with Crippen LogP contribution in [0.5, 0.6) is 0 Å². The van der Waals surface area contributed by atoms with Gasteiger partial charge in [0.1, 0.15) is 12.6 Å². The number of benzene rings is 1. The molecule has 2 atom stereocenters. The van der Waals surface area contributed by atoms with Crippen LogP contribution >= 0.6 is 0 Å². The van der Waals surface area contributed by atoms with Crippen LogP contribution in [0.25, 0.3) is 10.9 Å². The number of rotatable bonds is 2. The SMILES string of the molecule is Cc1c(C#N)c2ccccc2n1CC(=O)N1CC2CCC(C1)N(C)C2=O. The van der Waals surface area contributed by atoms with Gasteiger partial charge in [0.25, 0.3) is 0 Å². The van der Waals surface area contributed by atoms with Crippen molar-refractivity contribution in [2.24, 2.45) is 5.92 Å². The number of fused-ring (bicyclic) bond motifs is 5. The first-order chi connectivity index (χ1) is 12.5. The maximum atomic E-state index is 13.0. The zero-order valence-corrected chi connectivity index (χ0v) is 15.1. The van der Waals surface area contributed by atoms with E-state index in [4.69, 9.17) is 0 Å². The Balaban J connectivity index is 1.64. The van der Waals surface area contributed by atoms with Crippen molar-refractivity contribution in [3.8, 4) is 6.07 Å². The molecule has 4 heterocycles. The number of carbonyl (C=O) groups excluding carboxylic acids is 2. The van der Waals surface area contributed by atoms with Crippen molar-refractivity contribution in [2.45, 2.75) is 32.4 Å². The third kappa shape index (κ3) is 2.47. The average Bonchev–Trinajstić information content (AvgIpc) is 2.79. The first-order valence-corrected chi connectivity index (χ1v) is 9.03. The van der Waals surface area contributed by atoms with Crippen LogP contribution in [0.1, 0.15) is 24.1 Å². The fourth-order valence-corrected chi connectivity index (χ4v) is 4.37. The van der Waals surface area contributed by atoms with Crippen LogP contribution in [0.4, 0.5) is 0 Å². The van der Waals surface area contributed by atoms with E-state index < -0.39 is 0 Å². The first-order valence-electron chi connectivity index (χ1n) is 9.03. The van der Waals surface area contributed by atoms with E-state index in [-0.39, 0.29) is 30.3 Å². The summed E-state index contributed by atoms with van der Waals surface area (Å²) in [5.74, 6) is 0.0872. The number of para-hydroxylation sites is 1. The molecule has 2 aromatic rings. The summed E-state index contributed by atoms with van der Waals surface area (Å²) < 4.78 is 1.93. The van der Waals surface area contributed by atoms with Gasteiger partial charge in [0, 0.05) is 37.3 Å². The summed E-state index contributed by atoms with van der Waals surface area (Å²) in [5.41, 5.74) is 2.34. The molecule has 1 aromatic carbocycles.